The first kappa shape index (κ1) is 30.9. The first-order chi connectivity index (χ1) is 19.9. The molecule has 0 spiro atoms. The number of carbonyl (C=O) groups excluding carboxylic acids is 1. The number of hydrogen-bond donors (Lipinski definition) is 3. The van der Waals surface area contributed by atoms with Gasteiger partial charge in [-0.1, -0.05) is 0 Å². The largest absolute Gasteiger partial charge is 0.474 e. The van der Waals surface area contributed by atoms with Gasteiger partial charge in [-0.2, -0.15) is 23.1 Å². The molecule has 1 amide bonds. The molecule has 0 saturated heterocycles. The van der Waals surface area contributed by atoms with Crippen LogP contribution in [0.15, 0.2) is 6.07 Å². The van der Waals surface area contributed by atoms with Crippen molar-refractivity contribution in [1.29, 1.82) is 0 Å². The molecule has 1 atom stereocenters. The van der Waals surface area contributed by atoms with Gasteiger partial charge in [-0.25, -0.2) is 13.8 Å². The van der Waals surface area contributed by atoms with Gasteiger partial charge in [0.1, 0.15) is 28.2 Å². The number of likely N-dealkylation sites (N-methyl/N-ethyl adjacent to an activating group) is 1. The lowest BCUT2D eigenvalue weighted by atomic mass is 9.96. The molecule has 4 rings (SSSR count). The van der Waals surface area contributed by atoms with Crippen LogP contribution in [-0.4, -0.2) is 71.2 Å². The topological polar surface area (TPSA) is 128 Å². The Bertz CT molecular complexity index is 1480. The van der Waals surface area contributed by atoms with E-state index in [9.17, 15) is 22.4 Å². The molecule has 4 N–H and O–H groups in total. The van der Waals surface area contributed by atoms with Gasteiger partial charge in [0.15, 0.2) is 12.4 Å². The summed E-state index contributed by atoms with van der Waals surface area (Å²) in [4.78, 5) is 26.6. The zero-order chi connectivity index (χ0) is 30.8. The number of carbonyl (C=O) groups is 1. The molecular formula is C27H32F5N7O3. The molecule has 3 heterocycles. The number of amides is 1. The van der Waals surface area contributed by atoms with Crippen LogP contribution in [0.25, 0.3) is 22.2 Å². The number of ether oxygens (including phenoxy) is 2. The van der Waals surface area contributed by atoms with Crippen LogP contribution in [-0.2, 0) is 11.0 Å². The summed E-state index contributed by atoms with van der Waals surface area (Å²) in [6.07, 6.45) is -5.08. The van der Waals surface area contributed by atoms with E-state index < -0.39 is 70.1 Å². The number of nitrogens with zero attached hydrogens (tertiary/aromatic N) is 4. The maximum Gasteiger partial charge on any atom is 0.417 e. The molecule has 2 aromatic heterocycles. The number of anilines is 2. The van der Waals surface area contributed by atoms with Gasteiger partial charge in [-0.05, 0) is 52.3 Å². The molecule has 1 unspecified atom stereocenters. The van der Waals surface area contributed by atoms with Crippen molar-refractivity contribution in [2.75, 3.05) is 50.4 Å². The molecule has 1 aliphatic heterocycles. The highest BCUT2D eigenvalue weighted by molar-refractivity contribution is 5.96. The van der Waals surface area contributed by atoms with Crippen LogP contribution in [0.1, 0.15) is 38.3 Å². The van der Waals surface area contributed by atoms with Crippen LogP contribution in [0.2, 0.25) is 0 Å². The molecule has 3 aromatic rings. The van der Waals surface area contributed by atoms with Gasteiger partial charge in [0.05, 0.1) is 17.4 Å². The normalized spacial score (nSPS) is 15.9. The van der Waals surface area contributed by atoms with Crippen molar-refractivity contribution >= 4 is 28.3 Å². The average molecular weight is 598 g/mol. The first-order valence-corrected chi connectivity index (χ1v) is 13.5. The Morgan fingerprint density at radius 2 is 1.86 bits per heavy atom. The number of halogens is 5. The predicted octanol–water partition coefficient (Wildman–Crippen LogP) is 4.30. The number of benzene rings is 1. The Kier molecular flexibility index (Phi) is 9.18. The second-order valence-corrected chi connectivity index (χ2v) is 9.73. The second-order valence-electron chi connectivity index (χ2n) is 9.73. The van der Waals surface area contributed by atoms with E-state index in [4.69, 9.17) is 15.2 Å². The highest BCUT2D eigenvalue weighted by Crippen LogP contribution is 2.44. The van der Waals surface area contributed by atoms with Crippen molar-refractivity contribution in [3.8, 4) is 23.1 Å². The van der Waals surface area contributed by atoms with Crippen LogP contribution >= 0.6 is 0 Å². The van der Waals surface area contributed by atoms with Gasteiger partial charge < -0.3 is 30.7 Å². The highest BCUT2D eigenvalue weighted by atomic mass is 19.4. The van der Waals surface area contributed by atoms with Crippen LogP contribution in [0, 0.1) is 18.6 Å². The number of rotatable bonds is 6. The Labute approximate surface area is 238 Å². The number of nitrogens with one attached hydrogen (secondary N) is 2. The summed E-state index contributed by atoms with van der Waals surface area (Å²) < 4.78 is 85.0. The molecule has 1 aromatic carbocycles. The van der Waals surface area contributed by atoms with Gasteiger partial charge >= 0.3 is 12.2 Å². The van der Waals surface area contributed by atoms with Gasteiger partial charge in [0.25, 0.3) is 5.91 Å². The number of alkyl halides is 3. The van der Waals surface area contributed by atoms with Crippen LogP contribution in [0.5, 0.6) is 11.9 Å². The highest BCUT2D eigenvalue weighted by Gasteiger charge is 2.39. The zero-order valence-corrected chi connectivity index (χ0v) is 23.6. The van der Waals surface area contributed by atoms with Crippen molar-refractivity contribution in [2.24, 2.45) is 0 Å². The molecule has 0 saturated carbocycles. The SMILES string of the molecule is CCN(CC)C(=O)COc1nc2c3c(nc(-c4cc(N)c(F)c(C)c4C(F)(F)F)c(F)c3n1)OC(C)CCNCCN2. The molecule has 10 nitrogen and oxygen atoms in total. The average Bonchev–Trinajstić information content (AvgIpc) is 2.96. The minimum atomic E-state index is -5.08. The fourth-order valence-electron chi connectivity index (χ4n) is 4.69. The zero-order valence-electron chi connectivity index (χ0n) is 23.6. The standard InChI is InChI=1S/C27H32F5N7O3/c1-5-39(6-2)17(40)12-41-26-37-23-18-24(38-26)35-10-9-34-8-7-13(3)42-25(18)36-22(21(23)29)15-11-16(33)20(28)14(4)19(15)27(30,31)32/h11,13,34H,5-10,12,33H2,1-4H3,(H,35,37,38). The summed E-state index contributed by atoms with van der Waals surface area (Å²) in [5.74, 6) is -3.10. The van der Waals surface area contributed by atoms with E-state index in [1.165, 1.54) is 4.90 Å². The van der Waals surface area contributed by atoms with Crippen LogP contribution < -0.4 is 25.8 Å². The molecule has 1 aliphatic rings. The van der Waals surface area contributed by atoms with Crippen molar-refractivity contribution in [3.05, 3.63) is 28.8 Å². The summed E-state index contributed by atoms with van der Waals surface area (Å²) in [6.45, 7) is 8.00. The minimum absolute atomic E-state index is 0.0345. The Morgan fingerprint density at radius 1 is 1.14 bits per heavy atom. The maximum atomic E-state index is 16.3. The van der Waals surface area contributed by atoms with Gasteiger partial charge in [-0.3, -0.25) is 4.79 Å². The second kappa shape index (κ2) is 12.5. The number of nitrogens with two attached hydrogens (primary N) is 1. The van der Waals surface area contributed by atoms with E-state index in [1.807, 2.05) is 0 Å². The van der Waals surface area contributed by atoms with Crippen LogP contribution in [0.3, 0.4) is 0 Å². The van der Waals surface area contributed by atoms with Crippen molar-refractivity contribution in [1.82, 2.24) is 25.2 Å². The maximum absolute atomic E-state index is 16.3. The van der Waals surface area contributed by atoms with E-state index in [1.54, 1.807) is 20.8 Å². The predicted molar refractivity (Wildman–Crippen MR) is 146 cm³/mol. The molecule has 228 valence electrons. The molecule has 0 bridgehead atoms. The van der Waals surface area contributed by atoms with E-state index in [-0.39, 0.29) is 23.0 Å². The lowest BCUT2D eigenvalue weighted by molar-refractivity contribution is -0.137. The Morgan fingerprint density at radius 3 is 2.52 bits per heavy atom. The molecule has 0 aliphatic carbocycles. The lowest BCUT2D eigenvalue weighted by Crippen LogP contribution is -2.34. The summed E-state index contributed by atoms with van der Waals surface area (Å²) >= 11 is 0. The molecule has 15 heteroatoms. The van der Waals surface area contributed by atoms with Crippen molar-refractivity contribution in [2.45, 2.75) is 46.4 Å². The summed E-state index contributed by atoms with van der Waals surface area (Å²) in [6, 6.07) is 0.294. The number of pyridine rings is 1. The quantitative estimate of drug-likeness (QED) is 0.282. The smallest absolute Gasteiger partial charge is 0.417 e. The third-order valence-corrected chi connectivity index (χ3v) is 6.87. The number of hydrogen-bond acceptors (Lipinski definition) is 9. The molecule has 0 fully saturated rings. The fraction of sp³-hybridized carbons (Fsp3) is 0.481. The Hall–Kier alpha value is -4.01. The van der Waals surface area contributed by atoms with E-state index in [0.717, 1.165) is 6.92 Å². The summed E-state index contributed by atoms with van der Waals surface area (Å²) in [5, 5.41) is 6.21. The summed E-state index contributed by atoms with van der Waals surface area (Å²) in [7, 11) is 0. The molecule has 42 heavy (non-hydrogen) atoms. The van der Waals surface area contributed by atoms with E-state index >= 15 is 4.39 Å². The number of nitrogen functional groups attached to an aromatic ring is 1. The fourth-order valence-corrected chi connectivity index (χ4v) is 4.69. The molecule has 0 radical (unpaired) electrons. The van der Waals surface area contributed by atoms with Gasteiger partial charge in [0, 0.05) is 31.7 Å². The van der Waals surface area contributed by atoms with Gasteiger partial charge in [0.2, 0.25) is 5.88 Å². The van der Waals surface area contributed by atoms with Crippen LogP contribution in [0.4, 0.5) is 33.5 Å². The third kappa shape index (κ3) is 6.25. The Balaban J connectivity index is 1.99. The summed E-state index contributed by atoms with van der Waals surface area (Å²) in [5.41, 5.74) is 0.771. The monoisotopic (exact) mass is 597 g/mol. The minimum Gasteiger partial charge on any atom is -0.474 e. The van der Waals surface area contributed by atoms with Crippen molar-refractivity contribution < 1.29 is 36.2 Å². The van der Waals surface area contributed by atoms with E-state index in [2.05, 4.69) is 25.6 Å². The van der Waals surface area contributed by atoms with Crippen molar-refractivity contribution in [3.63, 3.8) is 0 Å². The van der Waals surface area contributed by atoms with E-state index in [0.29, 0.717) is 45.2 Å². The van der Waals surface area contributed by atoms with Gasteiger partial charge in [-0.15, -0.1) is 0 Å². The first-order valence-electron chi connectivity index (χ1n) is 13.5. The lowest BCUT2D eigenvalue weighted by Gasteiger charge is -2.21. The molecular weight excluding hydrogens is 565 g/mol. The number of aromatic nitrogens is 3. The third-order valence-electron chi connectivity index (χ3n) is 6.87.